The normalized spacial score (nSPS) is 10.6. The molecule has 1 aromatic heterocycles. The van der Waals surface area contributed by atoms with Gasteiger partial charge in [0.15, 0.2) is 0 Å². The highest BCUT2D eigenvalue weighted by atomic mass is 19.1. The molecule has 0 aliphatic carbocycles. The Morgan fingerprint density at radius 1 is 0.966 bits per heavy atom. The van der Waals surface area contributed by atoms with Gasteiger partial charge in [-0.2, -0.15) is 0 Å². The Morgan fingerprint density at radius 3 is 2.28 bits per heavy atom. The summed E-state index contributed by atoms with van der Waals surface area (Å²) in [6.07, 6.45) is 0. The number of primary amides is 2. The number of pyridine rings is 1. The van der Waals surface area contributed by atoms with Gasteiger partial charge in [0.05, 0.1) is 16.9 Å². The molecule has 9 heteroatoms. The van der Waals surface area contributed by atoms with Crippen molar-refractivity contribution in [2.24, 2.45) is 11.5 Å². The van der Waals surface area contributed by atoms with Crippen LogP contribution in [-0.4, -0.2) is 16.9 Å². The fraction of sp³-hybridized carbons (Fsp3) is 0.0500. The number of nitrogens with two attached hydrogens (primary N) is 2. The molecule has 0 bridgehead atoms. The number of carbonyl (C=O) groups excluding carboxylic acids is 2. The third kappa shape index (κ3) is 3.75. The van der Waals surface area contributed by atoms with Gasteiger partial charge in [-0.05, 0) is 42.8 Å². The standard InChI is InChI=1S/C20H15F3N4O2/c1-10-3-2-4-14(22)18(10)27(20(25)29)16-8-7-13(19(24)28)17(26-16)12-6-5-11(21)9-15(12)23/h2-9H,1H3,(H2,24,28)(H2,25,29). The van der Waals surface area contributed by atoms with Gasteiger partial charge in [0.25, 0.3) is 5.91 Å². The molecule has 0 atom stereocenters. The number of halogens is 3. The van der Waals surface area contributed by atoms with E-state index in [-0.39, 0.29) is 28.3 Å². The van der Waals surface area contributed by atoms with Gasteiger partial charge in [0.2, 0.25) is 0 Å². The maximum absolute atomic E-state index is 14.4. The van der Waals surface area contributed by atoms with Crippen molar-refractivity contribution < 1.29 is 22.8 Å². The lowest BCUT2D eigenvalue weighted by atomic mass is 10.0. The number of hydrogen-bond acceptors (Lipinski definition) is 3. The molecular formula is C20H15F3N4O2. The summed E-state index contributed by atoms with van der Waals surface area (Å²) in [7, 11) is 0. The second kappa shape index (κ2) is 7.63. The lowest BCUT2D eigenvalue weighted by Gasteiger charge is -2.23. The van der Waals surface area contributed by atoms with Crippen LogP contribution in [0.15, 0.2) is 48.5 Å². The number of amides is 3. The van der Waals surface area contributed by atoms with Crippen LogP contribution in [0.2, 0.25) is 0 Å². The highest BCUT2D eigenvalue weighted by Gasteiger charge is 2.25. The van der Waals surface area contributed by atoms with Crippen LogP contribution >= 0.6 is 0 Å². The van der Waals surface area contributed by atoms with Crippen LogP contribution < -0.4 is 16.4 Å². The minimum Gasteiger partial charge on any atom is -0.366 e. The molecule has 1 heterocycles. The Balaban J connectivity index is 2.27. The SMILES string of the molecule is Cc1cccc(F)c1N(C(N)=O)c1ccc(C(N)=O)c(-c2ccc(F)cc2F)n1. The lowest BCUT2D eigenvalue weighted by molar-refractivity contribution is 0.100. The van der Waals surface area contributed by atoms with Crippen LogP contribution in [0.5, 0.6) is 0 Å². The molecule has 0 fully saturated rings. The van der Waals surface area contributed by atoms with E-state index < -0.39 is 29.4 Å². The van der Waals surface area contributed by atoms with Crippen molar-refractivity contribution in [1.29, 1.82) is 0 Å². The van der Waals surface area contributed by atoms with Crippen LogP contribution in [0.25, 0.3) is 11.3 Å². The minimum atomic E-state index is -1.05. The van der Waals surface area contributed by atoms with Gasteiger partial charge in [-0.15, -0.1) is 0 Å². The number of hydrogen-bond donors (Lipinski definition) is 2. The summed E-state index contributed by atoms with van der Waals surface area (Å²) in [5, 5.41) is 0. The summed E-state index contributed by atoms with van der Waals surface area (Å²) < 4.78 is 42.0. The number of carbonyl (C=O) groups is 2. The van der Waals surface area contributed by atoms with E-state index in [4.69, 9.17) is 11.5 Å². The second-order valence-electron chi connectivity index (χ2n) is 6.13. The zero-order chi connectivity index (χ0) is 21.3. The number of rotatable bonds is 4. The number of para-hydroxylation sites is 1. The topological polar surface area (TPSA) is 102 Å². The Labute approximate surface area is 163 Å². The van der Waals surface area contributed by atoms with Crippen LogP contribution in [0.3, 0.4) is 0 Å². The predicted molar refractivity (Wildman–Crippen MR) is 101 cm³/mol. The zero-order valence-corrected chi connectivity index (χ0v) is 15.1. The maximum Gasteiger partial charge on any atom is 0.325 e. The summed E-state index contributed by atoms with van der Waals surface area (Å²) in [6.45, 7) is 1.56. The fourth-order valence-corrected chi connectivity index (χ4v) is 2.90. The molecule has 3 rings (SSSR count). The average molecular weight is 400 g/mol. The summed E-state index contributed by atoms with van der Waals surface area (Å²) in [6, 6.07) is 8.19. The number of aromatic nitrogens is 1. The number of anilines is 2. The first-order valence-electron chi connectivity index (χ1n) is 8.31. The van der Waals surface area contributed by atoms with Crippen molar-refractivity contribution >= 4 is 23.4 Å². The van der Waals surface area contributed by atoms with Crippen LogP contribution in [0.1, 0.15) is 15.9 Å². The quantitative estimate of drug-likeness (QED) is 0.696. The summed E-state index contributed by atoms with van der Waals surface area (Å²) >= 11 is 0. The van der Waals surface area contributed by atoms with Crippen molar-refractivity contribution in [2.75, 3.05) is 4.90 Å². The van der Waals surface area contributed by atoms with Gasteiger partial charge in [0, 0.05) is 11.6 Å². The third-order valence-electron chi connectivity index (χ3n) is 4.19. The molecular weight excluding hydrogens is 385 g/mol. The predicted octanol–water partition coefficient (Wildman–Crippen LogP) is 3.79. The average Bonchev–Trinajstić information content (AvgIpc) is 2.64. The van der Waals surface area contributed by atoms with Crippen LogP contribution in [-0.2, 0) is 0 Å². The largest absolute Gasteiger partial charge is 0.366 e. The summed E-state index contributed by atoms with van der Waals surface area (Å²) in [4.78, 5) is 28.8. The van der Waals surface area contributed by atoms with E-state index >= 15 is 0 Å². The first-order valence-corrected chi connectivity index (χ1v) is 8.31. The van der Waals surface area contributed by atoms with Gasteiger partial charge >= 0.3 is 6.03 Å². The van der Waals surface area contributed by atoms with Crippen LogP contribution in [0, 0.1) is 24.4 Å². The first kappa shape index (κ1) is 19.9. The Hall–Kier alpha value is -3.88. The van der Waals surface area contributed by atoms with Gasteiger partial charge < -0.3 is 11.5 Å². The molecule has 0 spiro atoms. The minimum absolute atomic E-state index is 0.148. The first-order chi connectivity index (χ1) is 13.7. The molecule has 0 aliphatic heterocycles. The van der Waals surface area contributed by atoms with Crippen molar-refractivity contribution in [3.05, 3.63) is 77.1 Å². The molecule has 3 aromatic rings. The fourth-order valence-electron chi connectivity index (χ4n) is 2.90. The van der Waals surface area contributed by atoms with Crippen molar-refractivity contribution in [2.45, 2.75) is 6.92 Å². The molecule has 2 aromatic carbocycles. The summed E-state index contributed by atoms with van der Waals surface area (Å²) in [5.41, 5.74) is 10.4. The summed E-state index contributed by atoms with van der Waals surface area (Å²) in [5.74, 6) is -3.65. The van der Waals surface area contributed by atoms with E-state index in [9.17, 15) is 22.8 Å². The Bertz CT molecular complexity index is 1110. The number of urea groups is 1. The third-order valence-corrected chi connectivity index (χ3v) is 4.19. The monoisotopic (exact) mass is 400 g/mol. The maximum atomic E-state index is 14.4. The van der Waals surface area contributed by atoms with E-state index in [1.54, 1.807) is 13.0 Å². The molecule has 0 unspecified atom stereocenters. The van der Waals surface area contributed by atoms with Gasteiger partial charge in [-0.3, -0.25) is 4.79 Å². The van der Waals surface area contributed by atoms with E-state index in [0.29, 0.717) is 11.6 Å². The van der Waals surface area contributed by atoms with Gasteiger partial charge in [0.1, 0.15) is 23.3 Å². The lowest BCUT2D eigenvalue weighted by Crippen LogP contribution is -2.33. The van der Waals surface area contributed by atoms with E-state index in [1.165, 1.54) is 18.2 Å². The van der Waals surface area contributed by atoms with Crippen LogP contribution in [0.4, 0.5) is 29.5 Å². The Kier molecular flexibility index (Phi) is 5.22. The van der Waals surface area contributed by atoms with Gasteiger partial charge in [-0.1, -0.05) is 12.1 Å². The molecule has 4 N–H and O–H groups in total. The molecule has 0 saturated heterocycles. The molecule has 0 radical (unpaired) electrons. The smallest absolute Gasteiger partial charge is 0.325 e. The van der Waals surface area contributed by atoms with Crippen molar-refractivity contribution in [1.82, 2.24) is 4.98 Å². The molecule has 0 aliphatic rings. The number of benzene rings is 2. The van der Waals surface area contributed by atoms with Crippen molar-refractivity contribution in [3.63, 3.8) is 0 Å². The molecule has 3 amide bonds. The number of nitrogens with zero attached hydrogens (tertiary/aromatic N) is 2. The number of aryl methyl sites for hydroxylation is 1. The molecule has 0 saturated carbocycles. The molecule has 148 valence electrons. The van der Waals surface area contributed by atoms with Gasteiger partial charge in [-0.25, -0.2) is 27.8 Å². The second-order valence-corrected chi connectivity index (χ2v) is 6.13. The molecule has 29 heavy (non-hydrogen) atoms. The Morgan fingerprint density at radius 2 is 1.69 bits per heavy atom. The zero-order valence-electron chi connectivity index (χ0n) is 15.1. The van der Waals surface area contributed by atoms with Crippen molar-refractivity contribution in [3.8, 4) is 11.3 Å². The van der Waals surface area contributed by atoms with E-state index in [0.717, 1.165) is 23.1 Å². The molecule has 6 nitrogen and oxygen atoms in total. The highest BCUT2D eigenvalue weighted by Crippen LogP contribution is 2.33. The highest BCUT2D eigenvalue weighted by molar-refractivity contribution is 6.02. The van der Waals surface area contributed by atoms with E-state index in [2.05, 4.69) is 4.98 Å². The van der Waals surface area contributed by atoms with E-state index in [1.807, 2.05) is 0 Å².